The molecule has 0 aliphatic rings. The molecule has 1 aromatic carbocycles. The molecular formula is C15H13ClFN5. The molecule has 3 rings (SSSR count). The lowest BCUT2D eigenvalue weighted by molar-refractivity contribution is 0.628. The number of aromatic nitrogens is 3. The highest BCUT2D eigenvalue weighted by molar-refractivity contribution is 6.16. The Hall–Kier alpha value is -2.47. The number of alkyl halides is 1. The van der Waals surface area contributed by atoms with E-state index in [2.05, 4.69) is 10.1 Å². The Balaban J connectivity index is 2.36. The summed E-state index contributed by atoms with van der Waals surface area (Å²) in [6.45, 7) is 1.87. The maximum absolute atomic E-state index is 13.1. The minimum atomic E-state index is -0.321. The Morgan fingerprint density at radius 1 is 1.36 bits per heavy atom. The number of nitrogen functional groups attached to an aromatic ring is 1. The summed E-state index contributed by atoms with van der Waals surface area (Å²) in [5.41, 5.74) is 8.97. The third-order valence-electron chi connectivity index (χ3n) is 3.38. The first-order valence-electron chi connectivity index (χ1n) is 6.57. The number of amidine groups is 1. The molecular weight excluding hydrogens is 305 g/mol. The lowest BCUT2D eigenvalue weighted by Gasteiger charge is -2.11. The topological polar surface area (TPSA) is 80.1 Å². The first kappa shape index (κ1) is 14.5. The largest absolute Gasteiger partial charge is 0.384 e. The Morgan fingerprint density at radius 2 is 2.05 bits per heavy atom. The molecule has 3 N–H and O–H groups in total. The summed E-state index contributed by atoms with van der Waals surface area (Å²) in [5.74, 6) is 0.184. The van der Waals surface area contributed by atoms with Crippen LogP contribution < -0.4 is 5.73 Å². The van der Waals surface area contributed by atoms with Crippen LogP contribution in [-0.2, 0) is 5.88 Å². The van der Waals surface area contributed by atoms with E-state index >= 15 is 0 Å². The van der Waals surface area contributed by atoms with Crippen molar-refractivity contribution in [1.82, 2.24) is 14.6 Å². The van der Waals surface area contributed by atoms with Gasteiger partial charge in [0.1, 0.15) is 11.7 Å². The van der Waals surface area contributed by atoms with Crippen molar-refractivity contribution in [1.29, 1.82) is 5.41 Å². The van der Waals surface area contributed by atoms with Gasteiger partial charge in [0.05, 0.1) is 11.4 Å². The van der Waals surface area contributed by atoms with Gasteiger partial charge in [0.15, 0.2) is 11.5 Å². The molecule has 0 spiro atoms. The predicted molar refractivity (Wildman–Crippen MR) is 83.7 cm³/mol. The maximum Gasteiger partial charge on any atom is 0.167 e. The fraction of sp³-hybridized carbons (Fsp3) is 0.133. The summed E-state index contributed by atoms with van der Waals surface area (Å²) in [6.07, 6.45) is 0. The van der Waals surface area contributed by atoms with Gasteiger partial charge in [0.25, 0.3) is 0 Å². The molecule has 2 heterocycles. The summed E-state index contributed by atoms with van der Waals surface area (Å²) in [5, 5.41) is 12.2. The van der Waals surface area contributed by atoms with Gasteiger partial charge in [-0.3, -0.25) is 5.41 Å². The lowest BCUT2D eigenvalue weighted by atomic mass is 9.99. The fourth-order valence-electron chi connectivity index (χ4n) is 2.40. The molecule has 0 bridgehead atoms. The van der Waals surface area contributed by atoms with Crippen LogP contribution in [-0.4, -0.2) is 20.4 Å². The van der Waals surface area contributed by atoms with Crippen molar-refractivity contribution in [2.75, 3.05) is 0 Å². The number of pyridine rings is 1. The highest BCUT2D eigenvalue weighted by atomic mass is 35.5. The molecule has 0 saturated heterocycles. The van der Waals surface area contributed by atoms with E-state index in [4.69, 9.17) is 22.7 Å². The molecule has 112 valence electrons. The molecule has 5 nitrogen and oxygen atoms in total. The quantitative estimate of drug-likeness (QED) is 0.443. The number of hydrogen-bond donors (Lipinski definition) is 2. The molecule has 22 heavy (non-hydrogen) atoms. The molecule has 0 saturated carbocycles. The summed E-state index contributed by atoms with van der Waals surface area (Å²) in [7, 11) is 0. The van der Waals surface area contributed by atoms with Gasteiger partial charge >= 0.3 is 0 Å². The van der Waals surface area contributed by atoms with Crippen molar-refractivity contribution in [3.05, 3.63) is 53.2 Å². The van der Waals surface area contributed by atoms with Crippen LogP contribution in [0.4, 0.5) is 4.39 Å². The second-order valence-corrected chi connectivity index (χ2v) is 5.16. The molecule has 0 unspecified atom stereocenters. The van der Waals surface area contributed by atoms with Gasteiger partial charge in [-0.1, -0.05) is 12.1 Å². The van der Waals surface area contributed by atoms with Crippen LogP contribution in [0.25, 0.3) is 16.8 Å². The van der Waals surface area contributed by atoms with Crippen LogP contribution >= 0.6 is 11.6 Å². The minimum Gasteiger partial charge on any atom is -0.384 e. The number of nitrogens with two attached hydrogens (primary N) is 1. The van der Waals surface area contributed by atoms with Gasteiger partial charge < -0.3 is 5.73 Å². The van der Waals surface area contributed by atoms with Crippen LogP contribution in [0.3, 0.4) is 0 Å². The number of nitrogens with zero attached hydrogens (tertiary/aromatic N) is 3. The van der Waals surface area contributed by atoms with E-state index in [0.717, 1.165) is 11.3 Å². The zero-order chi connectivity index (χ0) is 15.9. The molecule has 0 amide bonds. The molecule has 0 fully saturated rings. The first-order valence-corrected chi connectivity index (χ1v) is 7.10. The molecule has 0 aliphatic carbocycles. The van der Waals surface area contributed by atoms with E-state index in [9.17, 15) is 4.39 Å². The molecule has 0 atom stereocenters. The van der Waals surface area contributed by atoms with Crippen molar-refractivity contribution in [3.8, 4) is 11.1 Å². The normalized spacial score (nSPS) is 11.0. The smallest absolute Gasteiger partial charge is 0.167 e. The Morgan fingerprint density at radius 3 is 2.64 bits per heavy atom. The zero-order valence-electron chi connectivity index (χ0n) is 11.8. The standard InChI is InChI=1S/C15H13ClFN5/c1-8-6-11(9-2-4-10(17)5-3-9)13(14(18)19)15-20-12(7-16)21-22(8)15/h2-6H,7H2,1H3,(H3,18,19). The Labute approximate surface area is 131 Å². The van der Waals surface area contributed by atoms with Crippen LogP contribution in [0.1, 0.15) is 17.1 Å². The van der Waals surface area contributed by atoms with E-state index in [1.165, 1.54) is 12.1 Å². The Bertz CT molecular complexity index is 870. The monoisotopic (exact) mass is 317 g/mol. The summed E-state index contributed by atoms with van der Waals surface area (Å²) in [6, 6.07) is 7.88. The van der Waals surface area contributed by atoms with Crippen molar-refractivity contribution >= 4 is 23.1 Å². The molecule has 2 aromatic heterocycles. The van der Waals surface area contributed by atoms with Crippen molar-refractivity contribution in [3.63, 3.8) is 0 Å². The molecule has 7 heteroatoms. The van der Waals surface area contributed by atoms with E-state index in [-0.39, 0.29) is 17.5 Å². The SMILES string of the molecule is Cc1cc(-c2ccc(F)cc2)c(C(=N)N)c2nc(CCl)nn12. The van der Waals surface area contributed by atoms with Gasteiger partial charge in [-0.15, -0.1) is 16.7 Å². The van der Waals surface area contributed by atoms with E-state index in [1.54, 1.807) is 16.6 Å². The number of fused-ring (bicyclic) bond motifs is 1. The first-order chi connectivity index (χ1) is 10.5. The average molecular weight is 318 g/mol. The number of aryl methyl sites for hydroxylation is 1. The predicted octanol–water partition coefficient (Wildman–Crippen LogP) is 2.87. The average Bonchev–Trinajstić information content (AvgIpc) is 2.92. The second-order valence-electron chi connectivity index (χ2n) is 4.89. The van der Waals surface area contributed by atoms with Crippen molar-refractivity contribution < 1.29 is 4.39 Å². The third kappa shape index (κ3) is 2.31. The number of benzene rings is 1. The van der Waals surface area contributed by atoms with Crippen molar-refractivity contribution in [2.45, 2.75) is 12.8 Å². The highest BCUT2D eigenvalue weighted by Crippen LogP contribution is 2.28. The van der Waals surface area contributed by atoms with Crippen LogP contribution in [0, 0.1) is 18.2 Å². The zero-order valence-corrected chi connectivity index (χ0v) is 12.5. The van der Waals surface area contributed by atoms with Crippen LogP contribution in [0.2, 0.25) is 0 Å². The van der Waals surface area contributed by atoms with Crippen LogP contribution in [0.5, 0.6) is 0 Å². The van der Waals surface area contributed by atoms with E-state index < -0.39 is 0 Å². The summed E-state index contributed by atoms with van der Waals surface area (Å²) in [4.78, 5) is 4.34. The molecule has 0 aliphatic heterocycles. The lowest BCUT2D eigenvalue weighted by Crippen LogP contribution is -2.15. The van der Waals surface area contributed by atoms with E-state index in [0.29, 0.717) is 22.6 Å². The summed E-state index contributed by atoms with van der Waals surface area (Å²) >= 11 is 5.79. The number of rotatable bonds is 3. The minimum absolute atomic E-state index is 0.127. The van der Waals surface area contributed by atoms with Crippen LogP contribution in [0.15, 0.2) is 30.3 Å². The number of nitrogens with one attached hydrogen (secondary N) is 1. The maximum atomic E-state index is 13.1. The molecule has 0 radical (unpaired) electrons. The fourth-order valence-corrected chi connectivity index (χ4v) is 2.52. The van der Waals surface area contributed by atoms with Crippen molar-refractivity contribution in [2.24, 2.45) is 5.73 Å². The van der Waals surface area contributed by atoms with E-state index in [1.807, 2.05) is 13.0 Å². The Kier molecular flexibility index (Phi) is 3.54. The van der Waals surface area contributed by atoms with Gasteiger partial charge in [0.2, 0.25) is 0 Å². The van der Waals surface area contributed by atoms with Gasteiger partial charge in [-0.05, 0) is 36.2 Å². The van der Waals surface area contributed by atoms with Gasteiger partial charge in [-0.25, -0.2) is 13.9 Å². The highest BCUT2D eigenvalue weighted by Gasteiger charge is 2.18. The molecule has 3 aromatic rings. The third-order valence-corrected chi connectivity index (χ3v) is 3.61. The van der Waals surface area contributed by atoms with Gasteiger partial charge in [-0.2, -0.15) is 0 Å². The number of hydrogen-bond acceptors (Lipinski definition) is 3. The van der Waals surface area contributed by atoms with Gasteiger partial charge in [0, 0.05) is 5.69 Å². The summed E-state index contributed by atoms with van der Waals surface area (Å²) < 4.78 is 14.7. The number of halogens is 2. The second kappa shape index (κ2) is 5.38.